The van der Waals surface area contributed by atoms with Gasteiger partial charge in [0.2, 0.25) is 5.91 Å². The van der Waals surface area contributed by atoms with Crippen LogP contribution in [0.25, 0.3) is 11.2 Å². The molecule has 1 aliphatic rings. The predicted molar refractivity (Wildman–Crippen MR) is 110 cm³/mol. The summed E-state index contributed by atoms with van der Waals surface area (Å²) in [6.07, 6.45) is 5.37. The molecule has 0 aliphatic carbocycles. The second kappa shape index (κ2) is 8.57. The summed E-state index contributed by atoms with van der Waals surface area (Å²) in [5.41, 5.74) is 9.25. The number of ether oxygens (including phenoxy) is 1. The number of hydrogen-bond donors (Lipinski definition) is 1. The molecule has 152 valence electrons. The van der Waals surface area contributed by atoms with E-state index < -0.39 is 0 Å². The number of amides is 1. The minimum atomic E-state index is 0.162. The summed E-state index contributed by atoms with van der Waals surface area (Å²) >= 11 is 0. The van der Waals surface area contributed by atoms with Crippen molar-refractivity contribution in [1.29, 1.82) is 0 Å². The van der Waals surface area contributed by atoms with Crippen molar-refractivity contribution in [1.82, 2.24) is 24.6 Å². The molecule has 8 heteroatoms. The van der Waals surface area contributed by atoms with Gasteiger partial charge in [-0.3, -0.25) is 4.79 Å². The Morgan fingerprint density at radius 1 is 1.28 bits per heavy atom. The quantitative estimate of drug-likeness (QED) is 0.655. The van der Waals surface area contributed by atoms with Gasteiger partial charge < -0.3 is 15.4 Å². The normalized spacial score (nSPS) is 16.5. The van der Waals surface area contributed by atoms with Gasteiger partial charge in [-0.15, -0.1) is 0 Å². The second-order valence-electron chi connectivity index (χ2n) is 7.26. The van der Waals surface area contributed by atoms with E-state index in [0.29, 0.717) is 32.5 Å². The van der Waals surface area contributed by atoms with Gasteiger partial charge in [0.1, 0.15) is 11.3 Å². The van der Waals surface area contributed by atoms with E-state index in [-0.39, 0.29) is 11.8 Å². The molecule has 1 amide bonds. The number of aryl methyl sites for hydroxylation is 1. The molecule has 29 heavy (non-hydrogen) atoms. The monoisotopic (exact) mass is 394 g/mol. The topological polar surface area (TPSA) is 99.2 Å². The molecule has 1 saturated heterocycles. The maximum Gasteiger partial charge on any atom is 0.222 e. The molecule has 1 aromatic carbocycles. The largest absolute Gasteiger partial charge is 0.496 e. The number of rotatable bonds is 7. The number of likely N-dealkylation sites (tertiary alicyclic amines) is 1. The van der Waals surface area contributed by atoms with E-state index in [4.69, 9.17) is 15.6 Å². The van der Waals surface area contributed by atoms with E-state index >= 15 is 0 Å². The smallest absolute Gasteiger partial charge is 0.222 e. The van der Waals surface area contributed by atoms with Crippen LogP contribution in [0.2, 0.25) is 0 Å². The van der Waals surface area contributed by atoms with Gasteiger partial charge in [0.25, 0.3) is 0 Å². The summed E-state index contributed by atoms with van der Waals surface area (Å²) in [4.78, 5) is 23.6. The fraction of sp³-hybridized carbons (Fsp3) is 0.429. The Balaban J connectivity index is 1.44. The van der Waals surface area contributed by atoms with Crippen LogP contribution in [-0.4, -0.2) is 57.3 Å². The summed E-state index contributed by atoms with van der Waals surface area (Å²) in [5.74, 6) is 1.16. The lowest BCUT2D eigenvalue weighted by Gasteiger charge is -2.16. The molecule has 4 rings (SSSR count). The van der Waals surface area contributed by atoms with Crippen LogP contribution in [0.3, 0.4) is 0 Å². The maximum absolute atomic E-state index is 12.8. The number of methoxy groups -OCH3 is 1. The minimum Gasteiger partial charge on any atom is -0.496 e. The zero-order valence-corrected chi connectivity index (χ0v) is 16.6. The molecule has 0 bridgehead atoms. The summed E-state index contributed by atoms with van der Waals surface area (Å²) in [7, 11) is 1.66. The lowest BCUT2D eigenvalue weighted by atomic mass is 10.0. The van der Waals surface area contributed by atoms with Crippen LogP contribution in [0.4, 0.5) is 0 Å². The molecule has 0 spiro atoms. The summed E-state index contributed by atoms with van der Waals surface area (Å²) in [6, 6.07) is 7.84. The van der Waals surface area contributed by atoms with Crippen molar-refractivity contribution < 1.29 is 9.53 Å². The second-order valence-corrected chi connectivity index (χ2v) is 7.26. The van der Waals surface area contributed by atoms with E-state index in [0.717, 1.165) is 41.1 Å². The van der Waals surface area contributed by atoms with Crippen LogP contribution in [0, 0.1) is 0 Å². The van der Waals surface area contributed by atoms with E-state index in [1.807, 2.05) is 33.8 Å². The SMILES string of the molecule is COc1ccccc1CCC(=O)N1CCC(c2nn(CCN)c3nccnc23)C1. The average molecular weight is 394 g/mol. The van der Waals surface area contributed by atoms with Gasteiger partial charge in [-0.1, -0.05) is 18.2 Å². The van der Waals surface area contributed by atoms with Gasteiger partial charge in [-0.2, -0.15) is 5.10 Å². The van der Waals surface area contributed by atoms with Crippen LogP contribution >= 0.6 is 0 Å². The third-order valence-corrected chi connectivity index (χ3v) is 5.46. The van der Waals surface area contributed by atoms with Gasteiger partial charge in [0.15, 0.2) is 5.65 Å². The summed E-state index contributed by atoms with van der Waals surface area (Å²) < 4.78 is 7.21. The Kier molecular flexibility index (Phi) is 5.71. The van der Waals surface area contributed by atoms with Crippen LogP contribution in [0.5, 0.6) is 5.75 Å². The standard InChI is InChI=1S/C21H26N6O2/c1-29-17-5-3-2-4-15(17)6-7-18(28)26-12-8-16(14-26)19-20-21(24-11-10-23-20)27(25-19)13-9-22/h2-5,10-11,16H,6-9,12-14,22H2,1H3. The number of benzene rings is 1. The van der Waals surface area contributed by atoms with Crippen LogP contribution in [0.1, 0.15) is 30.0 Å². The van der Waals surface area contributed by atoms with Gasteiger partial charge in [-0.25, -0.2) is 14.6 Å². The third-order valence-electron chi connectivity index (χ3n) is 5.46. The van der Waals surface area contributed by atoms with Crippen LogP contribution in [0.15, 0.2) is 36.7 Å². The highest BCUT2D eigenvalue weighted by atomic mass is 16.5. The van der Waals surface area contributed by atoms with Crippen molar-refractivity contribution in [2.24, 2.45) is 5.73 Å². The number of hydrogen-bond acceptors (Lipinski definition) is 6. The number of aromatic nitrogens is 4. The third kappa shape index (κ3) is 3.93. The molecule has 2 N–H and O–H groups in total. The Labute approximate surface area is 169 Å². The van der Waals surface area contributed by atoms with Crippen molar-refractivity contribution in [2.45, 2.75) is 31.7 Å². The number of carbonyl (C=O) groups is 1. The molecule has 0 saturated carbocycles. The van der Waals surface area contributed by atoms with Gasteiger partial charge in [0.05, 0.1) is 19.3 Å². The average Bonchev–Trinajstić information content (AvgIpc) is 3.38. The number of fused-ring (bicyclic) bond motifs is 1. The fourth-order valence-electron chi connectivity index (χ4n) is 4.00. The maximum atomic E-state index is 12.8. The first kappa shape index (κ1) is 19.3. The zero-order valence-electron chi connectivity index (χ0n) is 16.6. The summed E-state index contributed by atoms with van der Waals surface area (Å²) in [6.45, 7) is 2.49. The molecule has 1 aliphatic heterocycles. The van der Waals surface area contributed by atoms with Crippen LogP contribution < -0.4 is 10.5 Å². The highest BCUT2D eigenvalue weighted by Gasteiger charge is 2.31. The minimum absolute atomic E-state index is 0.162. The first-order chi connectivity index (χ1) is 14.2. The van der Waals surface area contributed by atoms with E-state index in [1.165, 1.54) is 0 Å². The molecular weight excluding hydrogens is 368 g/mol. The Morgan fingerprint density at radius 3 is 2.93 bits per heavy atom. The molecule has 8 nitrogen and oxygen atoms in total. The molecule has 2 aromatic heterocycles. The van der Waals surface area contributed by atoms with Crippen molar-refractivity contribution in [3.63, 3.8) is 0 Å². The highest BCUT2D eigenvalue weighted by Crippen LogP contribution is 2.31. The summed E-state index contributed by atoms with van der Waals surface area (Å²) in [5, 5.41) is 4.73. The molecule has 1 atom stereocenters. The zero-order chi connectivity index (χ0) is 20.2. The Bertz CT molecular complexity index is 1000. The fourth-order valence-corrected chi connectivity index (χ4v) is 4.00. The molecule has 1 fully saturated rings. The van der Waals surface area contributed by atoms with E-state index in [2.05, 4.69) is 9.97 Å². The molecule has 3 heterocycles. The van der Waals surface area contributed by atoms with E-state index in [9.17, 15) is 4.79 Å². The molecule has 3 aromatic rings. The molecule has 0 radical (unpaired) electrons. The van der Waals surface area contributed by atoms with Gasteiger partial charge in [-0.05, 0) is 24.5 Å². The number of carbonyl (C=O) groups excluding carboxylic acids is 1. The first-order valence-electron chi connectivity index (χ1n) is 9.98. The lowest BCUT2D eigenvalue weighted by molar-refractivity contribution is -0.130. The molecular formula is C21H26N6O2. The van der Waals surface area contributed by atoms with Crippen molar-refractivity contribution in [2.75, 3.05) is 26.7 Å². The van der Waals surface area contributed by atoms with E-state index in [1.54, 1.807) is 19.5 Å². The van der Waals surface area contributed by atoms with Gasteiger partial charge in [0, 0.05) is 44.4 Å². The van der Waals surface area contributed by atoms with Crippen molar-refractivity contribution in [3.8, 4) is 5.75 Å². The predicted octanol–water partition coefficient (Wildman–Crippen LogP) is 1.74. The Hall–Kier alpha value is -3.00. The highest BCUT2D eigenvalue weighted by molar-refractivity contribution is 5.78. The lowest BCUT2D eigenvalue weighted by Crippen LogP contribution is -2.28. The number of nitrogens with two attached hydrogens (primary N) is 1. The number of para-hydroxylation sites is 1. The molecule has 1 unspecified atom stereocenters. The van der Waals surface area contributed by atoms with Crippen LogP contribution in [-0.2, 0) is 17.8 Å². The Morgan fingerprint density at radius 2 is 2.10 bits per heavy atom. The number of nitrogens with zero attached hydrogens (tertiary/aromatic N) is 5. The van der Waals surface area contributed by atoms with Crippen molar-refractivity contribution >= 4 is 17.1 Å². The van der Waals surface area contributed by atoms with Crippen molar-refractivity contribution in [3.05, 3.63) is 47.9 Å². The van der Waals surface area contributed by atoms with Gasteiger partial charge >= 0.3 is 0 Å². The first-order valence-corrected chi connectivity index (χ1v) is 9.98.